The second-order valence-corrected chi connectivity index (χ2v) is 14.0. The average molecular weight is 621 g/mol. The van der Waals surface area contributed by atoms with E-state index in [0.29, 0.717) is 11.1 Å². The van der Waals surface area contributed by atoms with Crippen LogP contribution in [0.5, 0.6) is 0 Å². The number of fused-ring (bicyclic) bond motifs is 8. The molecular weight excluding hydrogens is 580 g/mol. The molecule has 1 aromatic heterocycles. The summed E-state index contributed by atoms with van der Waals surface area (Å²) in [5.41, 5.74) is -6.94. The lowest BCUT2D eigenvalue weighted by atomic mass is 9.41. The molecule has 13 nitrogen and oxygen atoms in total. The van der Waals surface area contributed by atoms with E-state index in [-0.39, 0.29) is 25.7 Å². The highest BCUT2D eigenvalue weighted by molar-refractivity contribution is 5.93. The standard InChI is InChI=1S/C31H40O13/c1-13-23(35)31(40-4)25(37)26(42-13)43-18-9-16-17(32)10-29(38)22(27(16,2)11-19(18)44-31)21(34)24(36)28(3)15(7-8-30(28,29)39)14-5-6-20(33)41-12-14/h5-6,9,12-13,15,17-19,21-23,25-26,32,34-35,37-39H,7-8,10-11H2,1-4H3/t13-,15+,17-,18+,19+,21-,22+,23+,25+,26-,27-,28-,29-,30+,31-/m0/s1. The predicted molar refractivity (Wildman–Crippen MR) is 147 cm³/mol. The highest BCUT2D eigenvalue weighted by Crippen LogP contribution is 2.70. The van der Waals surface area contributed by atoms with Gasteiger partial charge in [-0.2, -0.15) is 0 Å². The molecule has 13 heteroatoms. The van der Waals surface area contributed by atoms with E-state index in [0.717, 1.165) is 0 Å². The molecule has 3 saturated carbocycles. The molecule has 242 valence electrons. The molecular formula is C31H40O13. The minimum Gasteiger partial charge on any atom is -0.431 e. The first kappa shape index (κ1) is 30.6. The van der Waals surface area contributed by atoms with Gasteiger partial charge in [0.15, 0.2) is 18.2 Å². The Hall–Kier alpha value is -2.04. The van der Waals surface area contributed by atoms with Crippen molar-refractivity contribution in [3.63, 3.8) is 0 Å². The van der Waals surface area contributed by atoms with Crippen LogP contribution in [0.4, 0.5) is 0 Å². The number of ether oxygens (including phenoxy) is 4. The summed E-state index contributed by atoms with van der Waals surface area (Å²) >= 11 is 0. The SMILES string of the molecule is CO[C@]12O[C@@H]3C[C@@]4(C)C(=C[C@H]3O[C@H](O[C@@H](C)[C@H]1O)[C@H]2O)[C@@H](O)C[C@]1(O)[C@@H]4[C@H](O)C(=O)[C@]2(C)[C@@H](c3ccc(=O)oc3)CC[C@]12O. The Balaban J connectivity index is 1.33. The number of hydrogen-bond donors (Lipinski definition) is 6. The maximum Gasteiger partial charge on any atom is 0.335 e. The summed E-state index contributed by atoms with van der Waals surface area (Å²) in [6, 6.07) is 2.73. The van der Waals surface area contributed by atoms with E-state index in [9.17, 15) is 40.2 Å². The van der Waals surface area contributed by atoms with Crippen molar-refractivity contribution in [1.29, 1.82) is 0 Å². The first-order valence-corrected chi connectivity index (χ1v) is 15.1. The Morgan fingerprint density at radius 2 is 1.73 bits per heavy atom. The summed E-state index contributed by atoms with van der Waals surface area (Å²) in [4.78, 5) is 26.0. The Labute approximate surface area is 253 Å². The van der Waals surface area contributed by atoms with Crippen molar-refractivity contribution in [2.45, 2.75) is 118 Å². The Morgan fingerprint density at radius 1 is 1.00 bits per heavy atom. The van der Waals surface area contributed by atoms with Gasteiger partial charge in [-0.25, -0.2) is 4.79 Å². The van der Waals surface area contributed by atoms with Gasteiger partial charge >= 0.3 is 5.63 Å². The predicted octanol–water partition coefficient (Wildman–Crippen LogP) is -0.760. The van der Waals surface area contributed by atoms with E-state index in [2.05, 4.69) is 0 Å². The summed E-state index contributed by atoms with van der Waals surface area (Å²) in [7, 11) is 1.28. The molecule has 6 aliphatic rings. The van der Waals surface area contributed by atoms with E-state index in [1.54, 1.807) is 19.9 Å². The highest BCUT2D eigenvalue weighted by Gasteiger charge is 2.80. The third-order valence-electron chi connectivity index (χ3n) is 12.2. The first-order valence-electron chi connectivity index (χ1n) is 15.1. The molecule has 7 rings (SSSR count). The third-order valence-corrected chi connectivity index (χ3v) is 12.2. The smallest absolute Gasteiger partial charge is 0.335 e. The van der Waals surface area contributed by atoms with E-state index in [1.807, 2.05) is 0 Å². The fourth-order valence-electron chi connectivity index (χ4n) is 9.99. The van der Waals surface area contributed by atoms with Gasteiger partial charge < -0.3 is 54.0 Å². The van der Waals surface area contributed by atoms with E-state index in [4.69, 9.17) is 23.4 Å². The molecule has 15 atom stereocenters. The number of aliphatic hydroxyl groups is 6. The molecule has 1 aromatic rings. The number of carbonyl (C=O) groups excluding carboxylic acids is 1. The summed E-state index contributed by atoms with van der Waals surface area (Å²) in [6.45, 7) is 4.79. The fraction of sp³-hybridized carbons (Fsp3) is 0.742. The van der Waals surface area contributed by atoms with Crippen molar-refractivity contribution in [1.82, 2.24) is 0 Å². The molecule has 6 N–H and O–H groups in total. The number of methoxy groups -OCH3 is 1. The van der Waals surface area contributed by atoms with Gasteiger partial charge in [0.05, 0.1) is 30.0 Å². The van der Waals surface area contributed by atoms with Crippen molar-refractivity contribution in [2.24, 2.45) is 16.7 Å². The second kappa shape index (κ2) is 9.50. The molecule has 2 bridgehead atoms. The minimum atomic E-state index is -2.14. The van der Waals surface area contributed by atoms with Gasteiger partial charge in [0.25, 0.3) is 0 Å². The summed E-state index contributed by atoms with van der Waals surface area (Å²) in [5.74, 6) is -4.57. The van der Waals surface area contributed by atoms with Gasteiger partial charge in [-0.15, -0.1) is 0 Å². The number of aliphatic hydroxyl groups excluding tert-OH is 4. The average Bonchev–Trinajstić information content (AvgIpc) is 3.22. The quantitative estimate of drug-likeness (QED) is 0.225. The largest absolute Gasteiger partial charge is 0.431 e. The van der Waals surface area contributed by atoms with E-state index < -0.39 is 100 Å². The lowest BCUT2D eigenvalue weighted by molar-refractivity contribution is -0.388. The van der Waals surface area contributed by atoms with Gasteiger partial charge in [-0.05, 0) is 50.3 Å². The Kier molecular flexibility index (Phi) is 6.61. The zero-order valence-corrected chi connectivity index (χ0v) is 25.0. The minimum absolute atomic E-state index is 0.0195. The van der Waals surface area contributed by atoms with E-state index in [1.165, 1.54) is 32.4 Å². The molecule has 0 spiro atoms. The number of Topliss-reactive ketones (excluding diaryl/α,β-unsaturated/α-hetero) is 1. The number of rotatable bonds is 2. The van der Waals surface area contributed by atoms with Crippen LogP contribution in [-0.2, 0) is 23.7 Å². The maximum absolute atomic E-state index is 14.3. The van der Waals surface area contributed by atoms with Gasteiger partial charge in [-0.1, -0.05) is 13.0 Å². The van der Waals surface area contributed by atoms with Crippen molar-refractivity contribution < 1.29 is 58.8 Å². The van der Waals surface area contributed by atoms with Crippen LogP contribution < -0.4 is 5.63 Å². The summed E-state index contributed by atoms with van der Waals surface area (Å²) < 4.78 is 28.9. The van der Waals surface area contributed by atoms with Crippen LogP contribution in [0, 0.1) is 16.7 Å². The monoisotopic (exact) mass is 620 g/mol. The van der Waals surface area contributed by atoms with Gasteiger partial charge in [-0.3, -0.25) is 4.79 Å². The van der Waals surface area contributed by atoms with Gasteiger partial charge in [0.1, 0.15) is 29.5 Å². The normalized spacial score (nSPS) is 54.8. The van der Waals surface area contributed by atoms with Crippen molar-refractivity contribution in [2.75, 3.05) is 7.11 Å². The molecule has 0 amide bonds. The van der Waals surface area contributed by atoms with Crippen LogP contribution >= 0.6 is 0 Å². The zero-order valence-electron chi connectivity index (χ0n) is 25.0. The second-order valence-electron chi connectivity index (χ2n) is 14.0. The topological polar surface area (TPSA) is 206 Å². The van der Waals surface area contributed by atoms with Crippen LogP contribution in [0.25, 0.3) is 0 Å². The summed E-state index contributed by atoms with van der Waals surface area (Å²) in [6.07, 6.45) is -7.26. The van der Waals surface area contributed by atoms with Crippen LogP contribution in [0.1, 0.15) is 57.9 Å². The van der Waals surface area contributed by atoms with Crippen molar-refractivity contribution in [3.05, 3.63) is 46.0 Å². The van der Waals surface area contributed by atoms with Crippen molar-refractivity contribution in [3.8, 4) is 0 Å². The lowest BCUT2D eigenvalue weighted by Gasteiger charge is -2.67. The fourth-order valence-corrected chi connectivity index (χ4v) is 9.99. The summed E-state index contributed by atoms with van der Waals surface area (Å²) in [5, 5.41) is 70.9. The number of ketones is 1. The van der Waals surface area contributed by atoms with Gasteiger partial charge in [0, 0.05) is 36.8 Å². The third kappa shape index (κ3) is 3.48. The van der Waals surface area contributed by atoms with Crippen LogP contribution in [0.2, 0.25) is 0 Å². The zero-order chi connectivity index (χ0) is 31.8. The molecule has 4 aliphatic carbocycles. The molecule has 0 aromatic carbocycles. The van der Waals surface area contributed by atoms with Crippen LogP contribution in [0.3, 0.4) is 0 Å². The molecule has 5 fully saturated rings. The molecule has 0 unspecified atom stereocenters. The van der Waals surface area contributed by atoms with Crippen LogP contribution in [-0.4, -0.2) is 110 Å². The molecule has 2 aliphatic heterocycles. The Morgan fingerprint density at radius 3 is 2.39 bits per heavy atom. The van der Waals surface area contributed by atoms with E-state index >= 15 is 0 Å². The van der Waals surface area contributed by atoms with Crippen LogP contribution in [0.15, 0.2) is 39.3 Å². The number of hydrogen-bond acceptors (Lipinski definition) is 13. The molecule has 2 saturated heterocycles. The maximum atomic E-state index is 14.3. The molecule has 0 radical (unpaired) electrons. The Bertz CT molecular complexity index is 1440. The number of carbonyl (C=O) groups is 1. The van der Waals surface area contributed by atoms with Crippen molar-refractivity contribution >= 4 is 5.78 Å². The first-order chi connectivity index (χ1) is 20.6. The highest BCUT2D eigenvalue weighted by atomic mass is 16.8. The molecule has 44 heavy (non-hydrogen) atoms. The van der Waals surface area contributed by atoms with Gasteiger partial charge in [0.2, 0.25) is 5.79 Å². The molecule has 3 heterocycles. The lowest BCUT2D eigenvalue weighted by Crippen LogP contribution is -2.80.